The summed E-state index contributed by atoms with van der Waals surface area (Å²) >= 11 is 0. The number of nitrogens with zero attached hydrogens (tertiary/aromatic N) is 1. The number of fused-ring (bicyclic) bond motifs is 1. The van der Waals surface area contributed by atoms with E-state index >= 15 is 0 Å². The molecule has 0 saturated heterocycles. The van der Waals surface area contributed by atoms with Gasteiger partial charge >= 0.3 is 0 Å². The Morgan fingerprint density at radius 1 is 0.833 bits per heavy atom. The maximum absolute atomic E-state index is 11.9. The quantitative estimate of drug-likeness (QED) is 0.138. The zero-order valence-corrected chi connectivity index (χ0v) is 23.6. The Bertz CT molecular complexity index is 1160. The minimum Gasteiger partial charge on any atom is -0.342 e. The zero-order chi connectivity index (χ0) is 26.8. The van der Waals surface area contributed by atoms with Gasteiger partial charge in [-0.05, 0) is 43.4 Å². The molecule has 0 radical (unpaired) electrons. The molecule has 206 valence electrons. The van der Waals surface area contributed by atoms with E-state index in [1.54, 1.807) is 0 Å². The predicted octanol–water partition coefficient (Wildman–Crippen LogP) is 6.82. The number of aryl methyl sites for hydroxylation is 1. The molecule has 2 aromatic rings. The van der Waals surface area contributed by atoms with Crippen LogP contribution in [0.3, 0.4) is 0 Å². The summed E-state index contributed by atoms with van der Waals surface area (Å²) in [5.41, 5.74) is 1.87. The lowest BCUT2D eigenvalue weighted by molar-refractivity contribution is 0.465. The number of aromatic amines is 1. The Hall–Kier alpha value is -1.49. The highest BCUT2D eigenvalue weighted by Gasteiger charge is 2.21. The third-order valence-electron chi connectivity index (χ3n) is 7.00. The topological polar surface area (TPSA) is 137 Å². The first-order valence-corrected chi connectivity index (χ1v) is 16.3. The van der Waals surface area contributed by atoms with Crippen LogP contribution in [0.1, 0.15) is 122 Å². The normalized spacial score (nSPS) is 14.4. The predicted molar refractivity (Wildman–Crippen MR) is 145 cm³/mol. The molecule has 3 N–H and O–H groups in total. The summed E-state index contributed by atoms with van der Waals surface area (Å²) in [6.07, 6.45) is 15.2. The molecule has 0 amide bonds. The van der Waals surface area contributed by atoms with Crippen LogP contribution in [0, 0.1) is 0 Å². The van der Waals surface area contributed by atoms with Crippen molar-refractivity contribution in [2.24, 2.45) is 0 Å². The van der Waals surface area contributed by atoms with Crippen LogP contribution < -0.4 is 0 Å². The maximum atomic E-state index is 11.9. The average Bonchev–Trinajstić information content (AvgIpc) is 3.22. The summed E-state index contributed by atoms with van der Waals surface area (Å²) in [4.78, 5) is 7.48. The second-order valence-corrected chi connectivity index (χ2v) is 13.4. The summed E-state index contributed by atoms with van der Waals surface area (Å²) in [7, 11) is -8.52. The average molecular weight is 545 g/mol. The molecule has 36 heavy (non-hydrogen) atoms. The lowest BCUT2D eigenvalue weighted by Crippen LogP contribution is -2.17. The molecule has 0 aliphatic carbocycles. The van der Waals surface area contributed by atoms with Gasteiger partial charge in [-0.2, -0.15) is 16.8 Å². The lowest BCUT2D eigenvalue weighted by Gasteiger charge is -2.14. The molecule has 8 nitrogen and oxygen atoms in total. The summed E-state index contributed by atoms with van der Waals surface area (Å²) in [5.74, 6) is 0.553. The first-order chi connectivity index (χ1) is 16.9. The van der Waals surface area contributed by atoms with E-state index in [1.807, 2.05) is 6.92 Å². The van der Waals surface area contributed by atoms with E-state index < -0.39 is 25.5 Å². The van der Waals surface area contributed by atoms with Crippen LogP contribution in [0.25, 0.3) is 11.0 Å². The smallest absolute Gasteiger partial charge is 0.294 e. The Labute approximate surface area is 217 Å². The van der Waals surface area contributed by atoms with Crippen molar-refractivity contribution in [1.82, 2.24) is 9.97 Å². The standard InChI is InChI=1S/C26H44N2O6S2/c1-4-5-6-7-8-9-10-11-12-13-14-15-20(2)23-18-22(36(32,33)34)19-24-26(23)28-25(27-24)17-16-21(3)35(29,30)31/h18-21H,4-17H2,1-3H3,(H,27,28)(H,29,30,31)(H,32,33,34). The first kappa shape index (κ1) is 30.7. The van der Waals surface area contributed by atoms with E-state index in [-0.39, 0.29) is 23.7 Å². The number of unbranched alkanes of at least 4 members (excludes halogenated alkanes) is 10. The molecule has 10 heteroatoms. The highest BCUT2D eigenvalue weighted by atomic mass is 32.2. The van der Waals surface area contributed by atoms with Crippen molar-refractivity contribution in [2.75, 3.05) is 0 Å². The SMILES string of the molecule is CCCCCCCCCCCCCC(C)c1cc(S(=O)(=O)O)cc2[nH]c(CCC(C)S(=O)(=O)O)nc12. The number of imidazole rings is 1. The van der Waals surface area contributed by atoms with Gasteiger partial charge in [-0.15, -0.1) is 0 Å². The summed E-state index contributed by atoms with van der Waals surface area (Å²) < 4.78 is 65.2. The monoisotopic (exact) mass is 544 g/mol. The van der Waals surface area contributed by atoms with Crippen LogP contribution in [0.2, 0.25) is 0 Å². The van der Waals surface area contributed by atoms with E-state index in [2.05, 4.69) is 16.9 Å². The molecular formula is C26H44N2O6S2. The molecule has 2 unspecified atom stereocenters. The van der Waals surface area contributed by atoms with Crippen molar-refractivity contribution in [2.45, 2.75) is 127 Å². The molecule has 2 atom stereocenters. The Morgan fingerprint density at radius 3 is 1.92 bits per heavy atom. The number of rotatable bonds is 18. The number of hydrogen-bond donors (Lipinski definition) is 3. The fourth-order valence-corrected chi connectivity index (χ4v) is 5.53. The van der Waals surface area contributed by atoms with Crippen LogP contribution >= 0.6 is 0 Å². The van der Waals surface area contributed by atoms with Gasteiger partial charge in [0.05, 0.1) is 21.2 Å². The fourth-order valence-electron chi connectivity index (χ4n) is 4.57. The van der Waals surface area contributed by atoms with Crippen molar-refractivity contribution in [3.8, 4) is 0 Å². The number of hydrogen-bond acceptors (Lipinski definition) is 5. The van der Waals surface area contributed by atoms with Crippen LogP contribution in [0.5, 0.6) is 0 Å². The number of benzene rings is 1. The molecule has 1 aromatic heterocycles. The van der Waals surface area contributed by atoms with Gasteiger partial charge in [-0.1, -0.05) is 84.5 Å². The van der Waals surface area contributed by atoms with Crippen LogP contribution in [-0.2, 0) is 26.7 Å². The molecule has 0 aliphatic rings. The number of H-pyrrole nitrogens is 1. The summed E-state index contributed by atoms with van der Waals surface area (Å²) in [6, 6.07) is 2.85. The van der Waals surface area contributed by atoms with E-state index in [9.17, 15) is 25.9 Å². The van der Waals surface area contributed by atoms with Gasteiger partial charge in [0.25, 0.3) is 20.2 Å². The highest BCUT2D eigenvalue weighted by molar-refractivity contribution is 7.86. The first-order valence-electron chi connectivity index (χ1n) is 13.4. The van der Waals surface area contributed by atoms with Crippen molar-refractivity contribution in [3.05, 3.63) is 23.5 Å². The minimum absolute atomic E-state index is 0.0423. The highest BCUT2D eigenvalue weighted by Crippen LogP contribution is 2.31. The van der Waals surface area contributed by atoms with Gasteiger partial charge in [-0.3, -0.25) is 9.11 Å². The van der Waals surface area contributed by atoms with Crippen molar-refractivity contribution in [3.63, 3.8) is 0 Å². The summed E-state index contributed by atoms with van der Waals surface area (Å²) in [5, 5.41) is -0.932. The molecule has 2 rings (SSSR count). The molecule has 1 aromatic carbocycles. The third kappa shape index (κ3) is 10.1. The molecule has 0 bridgehead atoms. The van der Waals surface area contributed by atoms with E-state index in [1.165, 1.54) is 76.8 Å². The van der Waals surface area contributed by atoms with Crippen LogP contribution in [-0.4, -0.2) is 41.2 Å². The van der Waals surface area contributed by atoms with Gasteiger partial charge in [0, 0.05) is 6.42 Å². The Balaban J connectivity index is 1.97. The zero-order valence-electron chi connectivity index (χ0n) is 22.0. The van der Waals surface area contributed by atoms with Gasteiger partial charge in [0.1, 0.15) is 5.82 Å². The van der Waals surface area contributed by atoms with Crippen molar-refractivity contribution >= 4 is 31.3 Å². The van der Waals surface area contributed by atoms with Gasteiger partial charge in [0.15, 0.2) is 0 Å². The Morgan fingerprint density at radius 2 is 1.39 bits per heavy atom. The van der Waals surface area contributed by atoms with E-state index in [4.69, 9.17) is 0 Å². The molecule has 0 spiro atoms. The lowest BCUT2D eigenvalue weighted by atomic mass is 9.93. The second-order valence-electron chi connectivity index (χ2n) is 10.2. The molecule has 0 aliphatic heterocycles. The largest absolute Gasteiger partial charge is 0.342 e. The van der Waals surface area contributed by atoms with E-state index in [0.717, 1.165) is 24.8 Å². The fraction of sp³-hybridized carbons (Fsp3) is 0.731. The third-order valence-corrected chi connectivity index (χ3v) is 9.09. The molecule has 0 saturated carbocycles. The van der Waals surface area contributed by atoms with Crippen LogP contribution in [0.4, 0.5) is 0 Å². The maximum Gasteiger partial charge on any atom is 0.294 e. The summed E-state index contributed by atoms with van der Waals surface area (Å²) in [6.45, 7) is 5.70. The Kier molecular flexibility index (Phi) is 12.3. The van der Waals surface area contributed by atoms with Crippen molar-refractivity contribution in [1.29, 1.82) is 0 Å². The van der Waals surface area contributed by atoms with E-state index in [0.29, 0.717) is 16.9 Å². The molecular weight excluding hydrogens is 500 g/mol. The van der Waals surface area contributed by atoms with Gasteiger partial charge < -0.3 is 4.98 Å². The second kappa shape index (κ2) is 14.4. The number of aromatic nitrogens is 2. The molecule has 0 fully saturated rings. The van der Waals surface area contributed by atoms with Crippen molar-refractivity contribution < 1.29 is 25.9 Å². The van der Waals surface area contributed by atoms with Gasteiger partial charge in [0.2, 0.25) is 0 Å². The molecule has 1 heterocycles. The van der Waals surface area contributed by atoms with Crippen LogP contribution in [0.15, 0.2) is 17.0 Å². The van der Waals surface area contributed by atoms with Gasteiger partial charge in [-0.25, -0.2) is 4.98 Å². The number of nitrogens with one attached hydrogen (secondary N) is 1. The minimum atomic E-state index is -4.39.